The van der Waals surface area contributed by atoms with Crippen LogP contribution < -0.4 is 10.5 Å². The summed E-state index contributed by atoms with van der Waals surface area (Å²) in [5.74, 6) is -0.356. The largest absolute Gasteiger partial charge is 0.476 e. The first-order valence-corrected chi connectivity index (χ1v) is 11.7. The number of carbonyl (C=O) groups is 1. The number of imidazole rings is 1. The summed E-state index contributed by atoms with van der Waals surface area (Å²) in [5.41, 5.74) is 6.68. The van der Waals surface area contributed by atoms with Crippen LogP contribution in [0.5, 0.6) is 5.88 Å². The summed E-state index contributed by atoms with van der Waals surface area (Å²) in [4.78, 5) is 24.1. The van der Waals surface area contributed by atoms with Crippen LogP contribution in [0.4, 0.5) is 5.95 Å². The minimum atomic E-state index is -3.70. The molecule has 13 nitrogen and oxygen atoms in total. The molecule has 2 aromatic rings. The van der Waals surface area contributed by atoms with Gasteiger partial charge in [-0.3, -0.25) is 22.9 Å². The SMILES string of the molecule is CCOC(=O)C(C)CCOP1(=O)OCC(OCn2cnc3c(OCC)nc(N)nc32)CO1. The normalized spacial score (nSPS) is 22.0. The van der Waals surface area contributed by atoms with Crippen LogP contribution in [-0.2, 0) is 39.1 Å². The molecule has 1 fully saturated rings. The first-order valence-electron chi connectivity index (χ1n) is 10.3. The Hall–Kier alpha value is -2.31. The van der Waals surface area contributed by atoms with Gasteiger partial charge in [0, 0.05) is 0 Å². The average Bonchev–Trinajstić information content (AvgIpc) is 3.16. The van der Waals surface area contributed by atoms with E-state index >= 15 is 0 Å². The van der Waals surface area contributed by atoms with Crippen molar-refractivity contribution in [3.8, 4) is 5.88 Å². The van der Waals surface area contributed by atoms with Crippen LogP contribution in [0.1, 0.15) is 27.2 Å². The Morgan fingerprint density at radius 3 is 2.75 bits per heavy atom. The zero-order valence-electron chi connectivity index (χ0n) is 18.3. The molecule has 32 heavy (non-hydrogen) atoms. The number of nitrogens with two attached hydrogens (primary N) is 1. The van der Waals surface area contributed by atoms with Gasteiger partial charge in [0.25, 0.3) is 0 Å². The summed E-state index contributed by atoms with van der Waals surface area (Å²) in [7, 11) is -3.70. The second-order valence-electron chi connectivity index (χ2n) is 6.94. The molecule has 2 aromatic heterocycles. The van der Waals surface area contributed by atoms with E-state index in [4.69, 9.17) is 33.5 Å². The van der Waals surface area contributed by atoms with E-state index in [2.05, 4.69) is 15.0 Å². The Morgan fingerprint density at radius 2 is 2.06 bits per heavy atom. The summed E-state index contributed by atoms with van der Waals surface area (Å²) in [6.07, 6.45) is 1.38. The molecule has 178 valence electrons. The minimum absolute atomic E-state index is 0.0126. The molecule has 0 aliphatic carbocycles. The number of carbonyl (C=O) groups excluding carboxylic acids is 1. The fraction of sp³-hybridized carbons (Fsp3) is 0.667. The van der Waals surface area contributed by atoms with E-state index in [1.165, 1.54) is 6.33 Å². The molecule has 3 heterocycles. The number of nitrogens with zero attached hydrogens (tertiary/aromatic N) is 4. The van der Waals surface area contributed by atoms with E-state index in [1.807, 2.05) is 6.92 Å². The van der Waals surface area contributed by atoms with Crippen molar-refractivity contribution >= 4 is 30.9 Å². The number of ether oxygens (including phenoxy) is 3. The van der Waals surface area contributed by atoms with E-state index in [1.54, 1.807) is 18.4 Å². The van der Waals surface area contributed by atoms with Crippen molar-refractivity contribution in [2.24, 2.45) is 5.92 Å². The minimum Gasteiger partial charge on any atom is -0.476 e. The topological polar surface area (TPSA) is 159 Å². The highest BCUT2D eigenvalue weighted by Gasteiger charge is 2.35. The molecule has 1 aliphatic heterocycles. The Kier molecular flexibility index (Phi) is 8.38. The molecule has 1 unspecified atom stereocenters. The Morgan fingerprint density at radius 1 is 1.31 bits per heavy atom. The lowest BCUT2D eigenvalue weighted by Crippen LogP contribution is -2.30. The van der Waals surface area contributed by atoms with Crippen molar-refractivity contribution in [2.45, 2.75) is 40.0 Å². The third kappa shape index (κ3) is 6.14. The highest BCUT2D eigenvalue weighted by molar-refractivity contribution is 7.48. The van der Waals surface area contributed by atoms with Crippen LogP contribution in [0, 0.1) is 5.92 Å². The summed E-state index contributed by atoms with van der Waals surface area (Å²) in [5, 5.41) is 0. The zero-order valence-corrected chi connectivity index (χ0v) is 19.2. The molecule has 1 aliphatic rings. The fourth-order valence-corrected chi connectivity index (χ4v) is 4.05. The van der Waals surface area contributed by atoms with Crippen molar-refractivity contribution in [2.75, 3.05) is 38.8 Å². The monoisotopic (exact) mass is 473 g/mol. The van der Waals surface area contributed by atoms with Gasteiger partial charge >= 0.3 is 13.8 Å². The second kappa shape index (κ2) is 11.0. The lowest BCUT2D eigenvalue weighted by Gasteiger charge is -2.28. The highest BCUT2D eigenvalue weighted by atomic mass is 31.2. The molecular weight excluding hydrogens is 445 g/mol. The first kappa shape index (κ1) is 24.3. The number of hydrogen-bond acceptors (Lipinski definition) is 12. The molecule has 14 heteroatoms. The standard InChI is InChI=1S/C18H28N5O8P/c1-4-26-16-14-15(21-18(19)22-16)23(10-20-14)11-28-13-8-30-32(25,31-9-13)29-7-6-12(3)17(24)27-5-2/h10,12-13H,4-9,11H2,1-3H3,(H2,19,21,22). The molecule has 1 atom stereocenters. The number of esters is 1. The maximum Gasteiger partial charge on any atom is 0.474 e. The summed E-state index contributed by atoms with van der Waals surface area (Å²) < 4.78 is 46.1. The lowest BCUT2D eigenvalue weighted by atomic mass is 10.1. The van der Waals surface area contributed by atoms with Gasteiger partial charge in [-0.1, -0.05) is 6.92 Å². The van der Waals surface area contributed by atoms with Crippen molar-refractivity contribution in [1.29, 1.82) is 0 Å². The number of phosphoric ester groups is 1. The van der Waals surface area contributed by atoms with Gasteiger partial charge in [0.1, 0.15) is 12.8 Å². The van der Waals surface area contributed by atoms with Crippen LogP contribution in [0.15, 0.2) is 6.33 Å². The molecule has 0 amide bonds. The van der Waals surface area contributed by atoms with Crippen molar-refractivity contribution < 1.29 is 37.1 Å². The van der Waals surface area contributed by atoms with E-state index in [0.717, 1.165) is 0 Å². The second-order valence-corrected chi connectivity index (χ2v) is 8.61. The smallest absolute Gasteiger partial charge is 0.474 e. The van der Waals surface area contributed by atoms with Gasteiger partial charge in [-0.15, -0.1) is 0 Å². The van der Waals surface area contributed by atoms with Gasteiger partial charge in [-0.2, -0.15) is 9.97 Å². The number of rotatable bonds is 11. The number of aromatic nitrogens is 4. The lowest BCUT2D eigenvalue weighted by molar-refractivity contribution is -0.147. The molecule has 2 N–H and O–H groups in total. The number of hydrogen-bond donors (Lipinski definition) is 1. The Labute approximate surface area is 185 Å². The van der Waals surface area contributed by atoms with Crippen LogP contribution >= 0.6 is 7.82 Å². The number of phosphoric acid groups is 1. The summed E-state index contributed by atoms with van der Waals surface area (Å²) in [6.45, 7) is 6.13. The summed E-state index contributed by atoms with van der Waals surface area (Å²) in [6, 6.07) is 0. The maximum atomic E-state index is 12.5. The molecule has 0 bridgehead atoms. The van der Waals surface area contributed by atoms with Crippen LogP contribution in [0.25, 0.3) is 11.2 Å². The molecule has 0 saturated carbocycles. The third-order valence-electron chi connectivity index (χ3n) is 4.51. The quantitative estimate of drug-likeness (QED) is 0.374. The highest BCUT2D eigenvalue weighted by Crippen LogP contribution is 2.52. The number of nitrogen functional groups attached to an aromatic ring is 1. The first-order chi connectivity index (χ1) is 15.3. The van der Waals surface area contributed by atoms with E-state index in [0.29, 0.717) is 36.7 Å². The van der Waals surface area contributed by atoms with Crippen molar-refractivity contribution in [3.05, 3.63) is 6.33 Å². The van der Waals surface area contributed by atoms with Gasteiger partial charge in [0.05, 0.1) is 45.3 Å². The number of anilines is 1. The average molecular weight is 473 g/mol. The van der Waals surface area contributed by atoms with E-state index in [-0.39, 0.29) is 44.4 Å². The molecule has 0 aromatic carbocycles. The predicted molar refractivity (Wildman–Crippen MR) is 112 cm³/mol. The predicted octanol–water partition coefficient (Wildman–Crippen LogP) is 1.91. The van der Waals surface area contributed by atoms with Gasteiger partial charge in [0.15, 0.2) is 11.2 Å². The van der Waals surface area contributed by atoms with E-state index < -0.39 is 13.9 Å². The molecule has 1 saturated heterocycles. The Bertz CT molecular complexity index is 958. The molecule has 0 radical (unpaired) electrons. The molecular formula is C18H28N5O8P. The Balaban J connectivity index is 1.47. The maximum absolute atomic E-state index is 12.5. The van der Waals surface area contributed by atoms with Crippen molar-refractivity contribution in [3.63, 3.8) is 0 Å². The van der Waals surface area contributed by atoms with Gasteiger partial charge < -0.3 is 19.9 Å². The fourth-order valence-electron chi connectivity index (χ4n) is 2.80. The molecule has 0 spiro atoms. The van der Waals surface area contributed by atoms with Crippen LogP contribution in [0.2, 0.25) is 0 Å². The zero-order chi connectivity index (χ0) is 23.1. The van der Waals surface area contributed by atoms with E-state index in [9.17, 15) is 9.36 Å². The van der Waals surface area contributed by atoms with Crippen LogP contribution in [0.3, 0.4) is 0 Å². The van der Waals surface area contributed by atoms with Gasteiger partial charge in [-0.25, -0.2) is 9.55 Å². The van der Waals surface area contributed by atoms with Crippen LogP contribution in [-0.4, -0.2) is 64.6 Å². The third-order valence-corrected chi connectivity index (χ3v) is 5.94. The van der Waals surface area contributed by atoms with Crippen molar-refractivity contribution in [1.82, 2.24) is 19.5 Å². The molecule has 3 rings (SSSR count). The summed E-state index contributed by atoms with van der Waals surface area (Å²) >= 11 is 0. The van der Waals surface area contributed by atoms with Gasteiger partial charge in [-0.05, 0) is 20.3 Å². The number of fused-ring (bicyclic) bond motifs is 1. The van der Waals surface area contributed by atoms with Gasteiger partial charge in [0.2, 0.25) is 11.8 Å².